The van der Waals surface area contributed by atoms with Crippen molar-refractivity contribution in [2.75, 3.05) is 6.26 Å². The minimum absolute atomic E-state index is 0.136. The minimum atomic E-state index is -0.261. The third-order valence-electron chi connectivity index (χ3n) is 3.98. The Kier molecular flexibility index (Phi) is 4.97. The number of rotatable bonds is 5. The molecule has 0 aliphatic heterocycles. The summed E-state index contributed by atoms with van der Waals surface area (Å²) < 4.78 is 17.1. The van der Waals surface area contributed by atoms with E-state index in [1.807, 2.05) is 16.3 Å². The van der Waals surface area contributed by atoms with Gasteiger partial charge in [-0.15, -0.1) is 0 Å². The SMILES string of the molecule is CCC(CC)(Cn1c(=S)[nH]c2cc(Br)c(F)cc21)SC. The molecule has 0 fully saturated rings. The van der Waals surface area contributed by atoms with Crippen LogP contribution in [0.15, 0.2) is 16.6 Å². The number of halogens is 2. The van der Waals surface area contributed by atoms with Crippen molar-refractivity contribution in [3.05, 3.63) is 27.2 Å². The molecule has 2 nitrogen and oxygen atoms in total. The van der Waals surface area contributed by atoms with Gasteiger partial charge in [0.2, 0.25) is 0 Å². The molecule has 0 aliphatic rings. The topological polar surface area (TPSA) is 20.7 Å². The lowest BCUT2D eigenvalue weighted by atomic mass is 10.0. The molecule has 1 aromatic carbocycles. The number of aromatic nitrogens is 2. The highest BCUT2D eigenvalue weighted by Crippen LogP contribution is 2.34. The fourth-order valence-electron chi connectivity index (χ4n) is 2.42. The van der Waals surface area contributed by atoms with Gasteiger partial charge in [0.05, 0.1) is 15.5 Å². The van der Waals surface area contributed by atoms with Crippen LogP contribution in [0.25, 0.3) is 11.0 Å². The highest BCUT2D eigenvalue weighted by atomic mass is 79.9. The van der Waals surface area contributed by atoms with E-state index >= 15 is 0 Å². The van der Waals surface area contributed by atoms with Gasteiger partial charge in [-0.1, -0.05) is 13.8 Å². The number of fused-ring (bicyclic) bond motifs is 1. The predicted octanol–water partition coefficient (Wildman–Crippen LogP) is 5.52. The Labute approximate surface area is 136 Å². The Hall–Kier alpha value is -0.330. The van der Waals surface area contributed by atoms with Crippen LogP contribution in [0.5, 0.6) is 0 Å². The smallest absolute Gasteiger partial charge is 0.178 e. The molecule has 0 saturated heterocycles. The van der Waals surface area contributed by atoms with E-state index in [-0.39, 0.29) is 10.6 Å². The van der Waals surface area contributed by atoms with Gasteiger partial charge in [0.25, 0.3) is 0 Å². The fourth-order valence-corrected chi connectivity index (χ4v) is 3.88. The summed E-state index contributed by atoms with van der Waals surface area (Å²) >= 11 is 10.5. The molecule has 0 amide bonds. The molecule has 1 heterocycles. The summed E-state index contributed by atoms with van der Waals surface area (Å²) in [6.07, 6.45) is 4.23. The van der Waals surface area contributed by atoms with Crippen LogP contribution >= 0.6 is 39.9 Å². The Morgan fingerprint density at radius 2 is 2.05 bits per heavy atom. The molecule has 0 radical (unpaired) electrons. The van der Waals surface area contributed by atoms with Crippen LogP contribution in [-0.2, 0) is 6.54 Å². The van der Waals surface area contributed by atoms with E-state index in [0.29, 0.717) is 9.24 Å². The third kappa shape index (κ3) is 2.83. The fraction of sp³-hybridized carbons (Fsp3) is 0.500. The largest absolute Gasteiger partial charge is 0.331 e. The monoisotopic (exact) mass is 376 g/mol. The minimum Gasteiger partial charge on any atom is -0.331 e. The summed E-state index contributed by atoms with van der Waals surface area (Å²) in [5, 5.41) is 0. The van der Waals surface area contributed by atoms with E-state index in [0.717, 1.165) is 30.4 Å². The molecule has 2 rings (SSSR count). The molecule has 1 aromatic heterocycles. The van der Waals surface area contributed by atoms with E-state index in [9.17, 15) is 4.39 Å². The predicted molar refractivity (Wildman–Crippen MR) is 91.6 cm³/mol. The van der Waals surface area contributed by atoms with Gasteiger partial charge >= 0.3 is 0 Å². The maximum absolute atomic E-state index is 13.8. The van der Waals surface area contributed by atoms with Gasteiger partial charge in [0.1, 0.15) is 5.82 Å². The average Bonchev–Trinajstić information content (AvgIpc) is 2.72. The molecule has 6 heteroatoms. The van der Waals surface area contributed by atoms with Crippen molar-refractivity contribution in [3.63, 3.8) is 0 Å². The first-order valence-corrected chi connectivity index (χ1v) is 9.01. The third-order valence-corrected chi connectivity index (χ3v) is 6.49. The van der Waals surface area contributed by atoms with E-state index in [1.165, 1.54) is 0 Å². The van der Waals surface area contributed by atoms with E-state index < -0.39 is 0 Å². The molecule has 2 aromatic rings. The first-order valence-electron chi connectivity index (χ1n) is 6.59. The number of hydrogen-bond acceptors (Lipinski definition) is 2. The summed E-state index contributed by atoms with van der Waals surface area (Å²) in [7, 11) is 0. The number of aromatic amines is 1. The van der Waals surface area contributed by atoms with Crippen molar-refractivity contribution in [3.8, 4) is 0 Å². The zero-order valence-corrected chi connectivity index (χ0v) is 15.0. The van der Waals surface area contributed by atoms with E-state index in [4.69, 9.17) is 12.2 Å². The first kappa shape index (κ1) is 16.0. The summed E-state index contributed by atoms with van der Waals surface area (Å²) in [5.41, 5.74) is 1.70. The standard InChI is InChI=1S/C14H18BrFN2S2/c1-4-14(5-2,20-3)8-18-12-7-10(16)9(15)6-11(12)17-13(18)19/h6-7H,4-5,8H2,1-3H3,(H,17,19). The van der Waals surface area contributed by atoms with Crippen molar-refractivity contribution in [2.24, 2.45) is 0 Å². The molecular weight excluding hydrogens is 359 g/mol. The lowest BCUT2D eigenvalue weighted by Crippen LogP contribution is -2.29. The molecule has 0 bridgehead atoms. The van der Waals surface area contributed by atoms with Crippen LogP contribution in [0.1, 0.15) is 26.7 Å². The number of H-pyrrole nitrogens is 1. The van der Waals surface area contributed by atoms with Crippen LogP contribution in [0.2, 0.25) is 0 Å². The second-order valence-electron chi connectivity index (χ2n) is 4.89. The highest BCUT2D eigenvalue weighted by Gasteiger charge is 2.26. The van der Waals surface area contributed by atoms with Crippen LogP contribution in [0.4, 0.5) is 4.39 Å². The summed E-state index contributed by atoms with van der Waals surface area (Å²) in [5.74, 6) is -0.261. The Bertz CT molecular complexity index is 665. The highest BCUT2D eigenvalue weighted by molar-refractivity contribution is 9.10. The lowest BCUT2D eigenvalue weighted by Gasteiger charge is -2.30. The summed E-state index contributed by atoms with van der Waals surface area (Å²) in [4.78, 5) is 3.16. The van der Waals surface area contributed by atoms with Gasteiger partial charge in [0, 0.05) is 17.4 Å². The second-order valence-corrected chi connectivity index (χ2v) is 7.41. The number of nitrogens with one attached hydrogen (secondary N) is 1. The average molecular weight is 377 g/mol. The maximum atomic E-state index is 13.8. The quantitative estimate of drug-likeness (QED) is 0.693. The Balaban J connectivity index is 2.57. The molecule has 1 N–H and O–H groups in total. The van der Waals surface area contributed by atoms with Crippen molar-refractivity contribution in [1.82, 2.24) is 9.55 Å². The van der Waals surface area contributed by atoms with Gasteiger partial charge in [0.15, 0.2) is 4.77 Å². The number of benzene rings is 1. The Morgan fingerprint density at radius 1 is 1.40 bits per heavy atom. The van der Waals surface area contributed by atoms with Crippen molar-refractivity contribution in [1.29, 1.82) is 0 Å². The van der Waals surface area contributed by atoms with Crippen molar-refractivity contribution in [2.45, 2.75) is 38.0 Å². The Morgan fingerprint density at radius 3 is 2.60 bits per heavy atom. The summed E-state index contributed by atoms with van der Waals surface area (Å²) in [6, 6.07) is 3.29. The molecule has 0 aliphatic carbocycles. The molecule has 0 saturated carbocycles. The zero-order valence-electron chi connectivity index (χ0n) is 11.8. The van der Waals surface area contributed by atoms with Crippen molar-refractivity contribution < 1.29 is 4.39 Å². The number of hydrogen-bond donors (Lipinski definition) is 1. The van der Waals surface area contributed by atoms with Crippen LogP contribution in [0, 0.1) is 10.6 Å². The van der Waals surface area contributed by atoms with Crippen LogP contribution in [-0.4, -0.2) is 20.6 Å². The molecule has 0 atom stereocenters. The van der Waals surface area contributed by atoms with Gasteiger partial charge in [-0.05, 0) is 53.3 Å². The van der Waals surface area contributed by atoms with Crippen LogP contribution < -0.4 is 0 Å². The molecule has 110 valence electrons. The van der Waals surface area contributed by atoms with Crippen LogP contribution in [0.3, 0.4) is 0 Å². The number of thioether (sulfide) groups is 1. The molecule has 0 unspecified atom stereocenters. The molecule has 0 spiro atoms. The lowest BCUT2D eigenvalue weighted by molar-refractivity contribution is 0.470. The van der Waals surface area contributed by atoms with Gasteiger partial charge in [-0.2, -0.15) is 11.8 Å². The number of imidazole rings is 1. The molecule has 20 heavy (non-hydrogen) atoms. The normalized spacial score (nSPS) is 12.2. The van der Waals surface area contributed by atoms with Gasteiger partial charge in [-0.3, -0.25) is 0 Å². The maximum Gasteiger partial charge on any atom is 0.178 e. The van der Waals surface area contributed by atoms with E-state index in [1.54, 1.807) is 12.1 Å². The zero-order chi connectivity index (χ0) is 14.9. The second kappa shape index (κ2) is 6.20. The number of nitrogens with zero attached hydrogens (tertiary/aromatic N) is 1. The van der Waals surface area contributed by atoms with Gasteiger partial charge in [-0.25, -0.2) is 4.39 Å². The van der Waals surface area contributed by atoms with E-state index in [2.05, 4.69) is 41.0 Å². The van der Waals surface area contributed by atoms with Crippen molar-refractivity contribution >= 4 is 50.9 Å². The first-order chi connectivity index (χ1) is 9.46. The summed E-state index contributed by atoms with van der Waals surface area (Å²) in [6.45, 7) is 5.17. The molecular formula is C14H18BrFN2S2. The van der Waals surface area contributed by atoms with Gasteiger partial charge < -0.3 is 9.55 Å².